The summed E-state index contributed by atoms with van der Waals surface area (Å²) in [4.78, 5) is 0. The van der Waals surface area contributed by atoms with Crippen LogP contribution in [0.5, 0.6) is 0 Å². The Bertz CT molecular complexity index is 280. The molecule has 1 aliphatic heterocycles. The molecule has 0 aromatic carbocycles. The zero-order valence-electron chi connectivity index (χ0n) is 8.54. The molecule has 0 aromatic heterocycles. The minimum atomic E-state index is -2.68. The van der Waals surface area contributed by atoms with E-state index in [1.807, 2.05) is 0 Å². The number of hydrogen-bond donors (Lipinski definition) is 1. The van der Waals surface area contributed by atoms with Crippen LogP contribution in [-0.2, 0) is 9.84 Å². The Morgan fingerprint density at radius 1 is 1.14 bits per heavy atom. The number of hydrogen-bond acceptors (Lipinski definition) is 3. The molecule has 1 unspecified atom stereocenters. The standard InChI is InChI=1S/C10H19NO2S/c12-14(13)6-5-9(8-14)7-11-10-3-1-2-4-10/h9-11H,1-8H2. The maximum Gasteiger partial charge on any atom is 0.150 e. The molecule has 1 aliphatic carbocycles. The molecule has 2 rings (SSSR count). The second-order valence-corrected chi connectivity index (χ2v) is 6.89. The van der Waals surface area contributed by atoms with Crippen molar-refractivity contribution < 1.29 is 8.42 Å². The summed E-state index contributed by atoms with van der Waals surface area (Å²) in [6.45, 7) is 0.907. The van der Waals surface area contributed by atoms with Crippen LogP contribution in [0.2, 0.25) is 0 Å². The summed E-state index contributed by atoms with van der Waals surface area (Å²) in [7, 11) is -2.68. The molecule has 0 aromatic rings. The molecule has 4 heteroatoms. The molecule has 14 heavy (non-hydrogen) atoms. The highest BCUT2D eigenvalue weighted by Crippen LogP contribution is 2.20. The Morgan fingerprint density at radius 2 is 1.86 bits per heavy atom. The zero-order chi connectivity index (χ0) is 10.0. The lowest BCUT2D eigenvalue weighted by Crippen LogP contribution is -2.31. The van der Waals surface area contributed by atoms with Gasteiger partial charge in [0, 0.05) is 6.04 Å². The van der Waals surface area contributed by atoms with Gasteiger partial charge in [0.15, 0.2) is 9.84 Å². The average molecular weight is 217 g/mol. The quantitative estimate of drug-likeness (QED) is 0.765. The van der Waals surface area contributed by atoms with Gasteiger partial charge in [0.05, 0.1) is 11.5 Å². The largest absolute Gasteiger partial charge is 0.314 e. The van der Waals surface area contributed by atoms with Crippen LogP contribution in [0.15, 0.2) is 0 Å². The van der Waals surface area contributed by atoms with Crippen molar-refractivity contribution in [2.24, 2.45) is 5.92 Å². The maximum absolute atomic E-state index is 11.2. The second kappa shape index (κ2) is 4.19. The first-order valence-corrected chi connectivity index (χ1v) is 7.42. The molecule has 2 aliphatic rings. The van der Waals surface area contributed by atoms with E-state index in [4.69, 9.17) is 0 Å². The molecular weight excluding hydrogens is 198 g/mol. The van der Waals surface area contributed by atoms with Crippen molar-refractivity contribution in [3.8, 4) is 0 Å². The van der Waals surface area contributed by atoms with Gasteiger partial charge in [0.1, 0.15) is 0 Å². The molecule has 1 saturated carbocycles. The molecule has 0 radical (unpaired) electrons. The highest BCUT2D eigenvalue weighted by molar-refractivity contribution is 7.91. The van der Waals surface area contributed by atoms with E-state index in [9.17, 15) is 8.42 Å². The normalized spacial score (nSPS) is 32.4. The molecule has 1 atom stereocenters. The third-order valence-electron chi connectivity index (χ3n) is 3.38. The molecule has 82 valence electrons. The van der Waals surface area contributed by atoms with Gasteiger partial charge < -0.3 is 5.32 Å². The Labute approximate surface area is 86.2 Å². The number of sulfone groups is 1. The van der Waals surface area contributed by atoms with Crippen molar-refractivity contribution in [1.82, 2.24) is 5.32 Å². The van der Waals surface area contributed by atoms with Crippen LogP contribution >= 0.6 is 0 Å². The van der Waals surface area contributed by atoms with Gasteiger partial charge in [-0.05, 0) is 31.7 Å². The minimum Gasteiger partial charge on any atom is -0.314 e. The van der Waals surface area contributed by atoms with Gasteiger partial charge in [-0.25, -0.2) is 8.42 Å². The first-order valence-electron chi connectivity index (χ1n) is 5.59. The second-order valence-electron chi connectivity index (χ2n) is 4.66. The molecule has 3 nitrogen and oxygen atoms in total. The summed E-state index contributed by atoms with van der Waals surface area (Å²) >= 11 is 0. The molecule has 2 fully saturated rings. The van der Waals surface area contributed by atoms with E-state index in [2.05, 4.69) is 5.32 Å². The van der Waals surface area contributed by atoms with Gasteiger partial charge in [-0.15, -0.1) is 0 Å². The predicted molar refractivity (Wildman–Crippen MR) is 57.0 cm³/mol. The van der Waals surface area contributed by atoms with Gasteiger partial charge in [-0.1, -0.05) is 12.8 Å². The van der Waals surface area contributed by atoms with Gasteiger partial charge >= 0.3 is 0 Å². The van der Waals surface area contributed by atoms with Crippen molar-refractivity contribution in [3.05, 3.63) is 0 Å². The van der Waals surface area contributed by atoms with E-state index in [1.54, 1.807) is 0 Å². The van der Waals surface area contributed by atoms with Crippen LogP contribution in [0.25, 0.3) is 0 Å². The lowest BCUT2D eigenvalue weighted by Gasteiger charge is -2.14. The van der Waals surface area contributed by atoms with E-state index >= 15 is 0 Å². The smallest absolute Gasteiger partial charge is 0.150 e. The van der Waals surface area contributed by atoms with Gasteiger partial charge in [0.2, 0.25) is 0 Å². The summed E-state index contributed by atoms with van der Waals surface area (Å²) in [5, 5.41) is 3.50. The van der Waals surface area contributed by atoms with Gasteiger partial charge in [-0.2, -0.15) is 0 Å². The van der Waals surface area contributed by atoms with Crippen LogP contribution in [0.1, 0.15) is 32.1 Å². The van der Waals surface area contributed by atoms with Crippen LogP contribution in [0.4, 0.5) is 0 Å². The minimum absolute atomic E-state index is 0.376. The van der Waals surface area contributed by atoms with E-state index in [1.165, 1.54) is 25.7 Å². The fraction of sp³-hybridized carbons (Fsp3) is 1.00. The van der Waals surface area contributed by atoms with Crippen LogP contribution < -0.4 is 5.32 Å². The van der Waals surface area contributed by atoms with E-state index in [-0.39, 0.29) is 0 Å². The fourth-order valence-corrected chi connectivity index (χ4v) is 4.36. The summed E-state index contributed by atoms with van der Waals surface area (Å²) in [6, 6.07) is 0.665. The lowest BCUT2D eigenvalue weighted by molar-refractivity contribution is 0.453. The van der Waals surface area contributed by atoms with Gasteiger partial charge in [-0.3, -0.25) is 0 Å². The van der Waals surface area contributed by atoms with E-state index in [0.717, 1.165) is 13.0 Å². The zero-order valence-corrected chi connectivity index (χ0v) is 9.35. The third-order valence-corrected chi connectivity index (χ3v) is 5.21. The highest BCUT2D eigenvalue weighted by atomic mass is 32.2. The van der Waals surface area contributed by atoms with Crippen molar-refractivity contribution in [2.75, 3.05) is 18.1 Å². The third kappa shape index (κ3) is 2.70. The molecule has 1 N–H and O–H groups in total. The van der Waals surface area contributed by atoms with Gasteiger partial charge in [0.25, 0.3) is 0 Å². The monoisotopic (exact) mass is 217 g/mol. The Kier molecular flexibility index (Phi) is 3.12. The lowest BCUT2D eigenvalue weighted by atomic mass is 10.1. The topological polar surface area (TPSA) is 46.2 Å². The molecule has 0 bridgehead atoms. The summed E-state index contributed by atoms with van der Waals surface area (Å²) in [5.74, 6) is 1.19. The highest BCUT2D eigenvalue weighted by Gasteiger charge is 2.28. The molecule has 0 spiro atoms. The first-order chi connectivity index (χ1) is 6.66. The van der Waals surface area contributed by atoms with Crippen molar-refractivity contribution in [1.29, 1.82) is 0 Å². The maximum atomic E-state index is 11.2. The summed E-state index contributed by atoms with van der Waals surface area (Å²) in [5.41, 5.74) is 0. The Morgan fingerprint density at radius 3 is 2.43 bits per heavy atom. The van der Waals surface area contributed by atoms with Crippen LogP contribution in [0, 0.1) is 5.92 Å². The van der Waals surface area contributed by atoms with Crippen molar-refractivity contribution in [2.45, 2.75) is 38.1 Å². The molecule has 1 heterocycles. The molecular formula is C10H19NO2S. The first kappa shape index (κ1) is 10.4. The average Bonchev–Trinajstić information content (AvgIpc) is 2.70. The summed E-state index contributed by atoms with van der Waals surface area (Å²) < 4.78 is 22.4. The van der Waals surface area contributed by atoms with Crippen molar-refractivity contribution in [3.63, 3.8) is 0 Å². The fourth-order valence-electron chi connectivity index (χ4n) is 2.50. The molecule has 0 amide bonds. The van der Waals surface area contributed by atoms with E-state index in [0.29, 0.717) is 23.5 Å². The number of rotatable bonds is 3. The number of nitrogens with one attached hydrogen (secondary N) is 1. The van der Waals surface area contributed by atoms with Crippen LogP contribution in [-0.4, -0.2) is 32.5 Å². The summed E-state index contributed by atoms with van der Waals surface area (Å²) in [6.07, 6.45) is 6.09. The van der Waals surface area contributed by atoms with Crippen molar-refractivity contribution >= 4 is 9.84 Å². The Hall–Kier alpha value is -0.0900. The SMILES string of the molecule is O=S1(=O)CCC(CNC2CCCC2)C1. The Balaban J connectivity index is 1.71. The molecule has 1 saturated heterocycles. The van der Waals surface area contributed by atoms with Crippen LogP contribution in [0.3, 0.4) is 0 Å². The van der Waals surface area contributed by atoms with E-state index < -0.39 is 9.84 Å². The predicted octanol–water partition coefficient (Wildman–Crippen LogP) is 0.953.